The Morgan fingerprint density at radius 1 is 0.938 bits per heavy atom. The van der Waals surface area contributed by atoms with E-state index in [1.54, 1.807) is 24.3 Å². The summed E-state index contributed by atoms with van der Waals surface area (Å²) in [6.07, 6.45) is 1.33. The maximum atomic E-state index is 13.2. The lowest BCUT2D eigenvalue weighted by Gasteiger charge is -2.21. The molecule has 0 aliphatic carbocycles. The number of halogens is 3. The van der Waals surface area contributed by atoms with Crippen molar-refractivity contribution in [3.63, 3.8) is 0 Å². The van der Waals surface area contributed by atoms with Gasteiger partial charge >= 0.3 is 0 Å². The molecule has 0 saturated carbocycles. The Morgan fingerprint density at radius 2 is 1.50 bits per heavy atom. The summed E-state index contributed by atoms with van der Waals surface area (Å²) in [5.41, 5.74) is 3.51. The van der Waals surface area contributed by atoms with E-state index in [0.717, 1.165) is 4.31 Å². The average molecular weight is 494 g/mol. The Hall–Kier alpha value is -2.78. The third-order valence-electron chi connectivity index (χ3n) is 4.32. The number of carbonyl (C=O) groups excluding carboxylic acids is 1. The molecule has 6 nitrogen and oxygen atoms in total. The van der Waals surface area contributed by atoms with E-state index >= 15 is 0 Å². The molecule has 3 aromatic carbocycles. The molecule has 1 amide bonds. The molecule has 3 rings (SSSR count). The van der Waals surface area contributed by atoms with E-state index in [1.807, 2.05) is 0 Å². The minimum Gasteiger partial charge on any atom is -0.272 e. The monoisotopic (exact) mass is 493 g/mol. The standard InChI is InChI=1S/C22H18Cl2FN3O3S/c23-18-5-1-17(2-6-18)14-28(32(30,31)21-11-7-19(24)8-12-21)15-22(29)27-26-13-16-3-9-20(25)10-4-16/h1-13H,14-15H2,(H,27,29)/b26-13-. The lowest BCUT2D eigenvalue weighted by Crippen LogP contribution is -2.39. The zero-order valence-corrected chi connectivity index (χ0v) is 18.9. The number of amides is 1. The van der Waals surface area contributed by atoms with Crippen LogP contribution in [0.15, 0.2) is 82.8 Å². The van der Waals surface area contributed by atoms with Gasteiger partial charge in [0.05, 0.1) is 17.7 Å². The zero-order valence-electron chi connectivity index (χ0n) is 16.6. The molecule has 0 unspecified atom stereocenters. The minimum atomic E-state index is -4.02. The van der Waals surface area contributed by atoms with Crippen molar-refractivity contribution in [3.8, 4) is 0 Å². The number of benzene rings is 3. The van der Waals surface area contributed by atoms with Gasteiger partial charge in [0, 0.05) is 16.6 Å². The molecule has 0 bridgehead atoms. The van der Waals surface area contributed by atoms with E-state index in [0.29, 0.717) is 21.2 Å². The number of hydrogen-bond donors (Lipinski definition) is 1. The van der Waals surface area contributed by atoms with Gasteiger partial charge < -0.3 is 0 Å². The molecule has 0 fully saturated rings. The van der Waals surface area contributed by atoms with Crippen LogP contribution in [0.1, 0.15) is 11.1 Å². The van der Waals surface area contributed by atoms with Crippen LogP contribution in [-0.4, -0.2) is 31.4 Å². The van der Waals surface area contributed by atoms with Crippen LogP contribution in [0, 0.1) is 5.82 Å². The van der Waals surface area contributed by atoms with Gasteiger partial charge in [-0.25, -0.2) is 18.2 Å². The number of nitrogens with zero attached hydrogens (tertiary/aromatic N) is 2. The summed E-state index contributed by atoms with van der Waals surface area (Å²) in [5, 5.41) is 4.70. The highest BCUT2D eigenvalue weighted by Gasteiger charge is 2.27. The predicted octanol–water partition coefficient (Wildman–Crippen LogP) is 4.47. The van der Waals surface area contributed by atoms with Crippen molar-refractivity contribution in [2.24, 2.45) is 5.10 Å². The van der Waals surface area contributed by atoms with Crippen LogP contribution in [0.3, 0.4) is 0 Å². The van der Waals surface area contributed by atoms with E-state index in [2.05, 4.69) is 10.5 Å². The normalized spacial score (nSPS) is 11.8. The maximum Gasteiger partial charge on any atom is 0.255 e. The molecule has 0 aromatic heterocycles. The maximum absolute atomic E-state index is 13.2. The zero-order chi connectivity index (χ0) is 23.1. The molecular formula is C22H18Cl2FN3O3S. The van der Waals surface area contributed by atoms with Crippen molar-refractivity contribution in [1.29, 1.82) is 0 Å². The number of sulfonamides is 1. The van der Waals surface area contributed by atoms with Crippen molar-refractivity contribution in [3.05, 3.63) is 99.8 Å². The van der Waals surface area contributed by atoms with Crippen LogP contribution >= 0.6 is 23.2 Å². The van der Waals surface area contributed by atoms with Gasteiger partial charge in [-0.15, -0.1) is 0 Å². The van der Waals surface area contributed by atoms with Gasteiger partial charge in [0.15, 0.2) is 0 Å². The third-order valence-corrected chi connectivity index (χ3v) is 6.63. The van der Waals surface area contributed by atoms with E-state index in [9.17, 15) is 17.6 Å². The lowest BCUT2D eigenvalue weighted by molar-refractivity contribution is -0.121. The number of hydrogen-bond acceptors (Lipinski definition) is 4. The van der Waals surface area contributed by atoms with E-state index in [4.69, 9.17) is 23.2 Å². The van der Waals surface area contributed by atoms with Crippen LogP contribution in [-0.2, 0) is 21.4 Å². The third kappa shape index (κ3) is 6.61. The fourth-order valence-electron chi connectivity index (χ4n) is 2.70. The van der Waals surface area contributed by atoms with Crippen molar-refractivity contribution in [1.82, 2.24) is 9.73 Å². The van der Waals surface area contributed by atoms with Gasteiger partial charge in [-0.2, -0.15) is 9.41 Å². The molecule has 0 radical (unpaired) electrons. The molecule has 0 aliphatic rings. The summed E-state index contributed by atoms with van der Waals surface area (Å²) in [7, 11) is -4.02. The number of nitrogens with one attached hydrogen (secondary N) is 1. The Bertz CT molecular complexity index is 1200. The van der Waals surface area contributed by atoms with Gasteiger partial charge in [-0.3, -0.25) is 4.79 Å². The Kier molecular flexibility index (Phi) is 7.98. The SMILES string of the molecule is O=C(CN(Cc1ccc(Cl)cc1)S(=O)(=O)c1ccc(Cl)cc1)N/N=C\c1ccc(F)cc1. The molecule has 3 aromatic rings. The molecule has 166 valence electrons. The quantitative estimate of drug-likeness (QED) is 0.371. The molecule has 0 heterocycles. The summed E-state index contributed by atoms with van der Waals surface area (Å²) in [5.74, 6) is -1.04. The molecule has 0 saturated heterocycles. The second kappa shape index (κ2) is 10.7. The highest BCUT2D eigenvalue weighted by Crippen LogP contribution is 2.21. The van der Waals surface area contributed by atoms with Crippen molar-refractivity contribution in [2.45, 2.75) is 11.4 Å². The van der Waals surface area contributed by atoms with Gasteiger partial charge in [-0.1, -0.05) is 47.5 Å². The number of rotatable bonds is 8. The first-order chi connectivity index (χ1) is 15.2. The van der Waals surface area contributed by atoms with E-state index < -0.39 is 28.3 Å². The topological polar surface area (TPSA) is 78.8 Å². The molecule has 1 N–H and O–H groups in total. The summed E-state index contributed by atoms with van der Waals surface area (Å²) in [6, 6.07) is 17.8. The van der Waals surface area contributed by atoms with Crippen molar-refractivity contribution >= 4 is 45.3 Å². The largest absolute Gasteiger partial charge is 0.272 e. The molecule has 10 heteroatoms. The fourth-order valence-corrected chi connectivity index (χ4v) is 4.33. The number of hydrazone groups is 1. The molecule has 0 spiro atoms. The Labute approximate surface area is 195 Å². The van der Waals surface area contributed by atoms with Crippen LogP contribution in [0.5, 0.6) is 0 Å². The van der Waals surface area contributed by atoms with Gasteiger partial charge in [0.2, 0.25) is 10.0 Å². The van der Waals surface area contributed by atoms with Crippen molar-refractivity contribution < 1.29 is 17.6 Å². The van der Waals surface area contributed by atoms with Crippen LogP contribution in [0.25, 0.3) is 0 Å². The van der Waals surface area contributed by atoms with E-state index in [1.165, 1.54) is 54.7 Å². The second-order valence-corrected chi connectivity index (χ2v) is 9.51. The summed E-state index contributed by atoms with van der Waals surface area (Å²) < 4.78 is 40.4. The summed E-state index contributed by atoms with van der Waals surface area (Å²) >= 11 is 11.8. The first-order valence-electron chi connectivity index (χ1n) is 9.32. The molecule has 32 heavy (non-hydrogen) atoms. The second-order valence-electron chi connectivity index (χ2n) is 6.70. The fraction of sp³-hybridized carbons (Fsp3) is 0.0909. The predicted molar refractivity (Wildman–Crippen MR) is 123 cm³/mol. The van der Waals surface area contributed by atoms with Gasteiger partial charge in [0.25, 0.3) is 5.91 Å². The highest BCUT2D eigenvalue weighted by atomic mass is 35.5. The van der Waals surface area contributed by atoms with Crippen LogP contribution in [0.2, 0.25) is 10.0 Å². The number of carbonyl (C=O) groups is 1. The van der Waals surface area contributed by atoms with Crippen LogP contribution in [0.4, 0.5) is 4.39 Å². The first-order valence-corrected chi connectivity index (χ1v) is 11.5. The Morgan fingerprint density at radius 3 is 2.09 bits per heavy atom. The summed E-state index contributed by atoms with van der Waals surface area (Å²) in [6.45, 7) is -0.536. The first kappa shape index (κ1) is 23.9. The molecule has 0 aliphatic heterocycles. The van der Waals surface area contributed by atoms with E-state index in [-0.39, 0.29) is 11.4 Å². The van der Waals surface area contributed by atoms with Crippen molar-refractivity contribution in [2.75, 3.05) is 6.54 Å². The molecule has 0 atom stereocenters. The van der Waals surface area contributed by atoms with Crippen LogP contribution < -0.4 is 5.43 Å². The smallest absolute Gasteiger partial charge is 0.255 e. The lowest BCUT2D eigenvalue weighted by atomic mass is 10.2. The highest BCUT2D eigenvalue weighted by molar-refractivity contribution is 7.89. The average Bonchev–Trinajstić information content (AvgIpc) is 2.76. The summed E-state index contributed by atoms with van der Waals surface area (Å²) in [4.78, 5) is 12.4. The Balaban J connectivity index is 1.78. The van der Waals surface area contributed by atoms with Gasteiger partial charge in [-0.05, 0) is 59.7 Å². The van der Waals surface area contributed by atoms with Gasteiger partial charge in [0.1, 0.15) is 5.82 Å². The molecular weight excluding hydrogens is 476 g/mol. The minimum absolute atomic E-state index is 0.00141.